The molecule has 0 radical (unpaired) electrons. The van der Waals surface area contributed by atoms with Gasteiger partial charge in [-0.1, -0.05) is 30.3 Å². The van der Waals surface area contributed by atoms with Gasteiger partial charge in [0, 0.05) is 35.6 Å². The lowest BCUT2D eigenvalue weighted by Gasteiger charge is -2.36. The first-order valence-corrected chi connectivity index (χ1v) is 10.2. The molecule has 2 heterocycles. The van der Waals surface area contributed by atoms with Crippen molar-refractivity contribution < 1.29 is 0 Å². The number of rotatable bonds is 3. The van der Waals surface area contributed by atoms with Crippen molar-refractivity contribution in [1.29, 1.82) is 0 Å². The van der Waals surface area contributed by atoms with E-state index in [0.717, 1.165) is 18.3 Å². The monoisotopic (exact) mass is 322 g/mol. The van der Waals surface area contributed by atoms with E-state index in [0.29, 0.717) is 0 Å². The Morgan fingerprint density at radius 1 is 1.29 bits per heavy atom. The Morgan fingerprint density at radius 3 is 2.90 bits per heavy atom. The summed E-state index contributed by atoms with van der Waals surface area (Å²) in [6.45, 7) is 7.09. The van der Waals surface area contributed by atoms with E-state index in [1.54, 1.807) is 0 Å². The van der Waals surface area contributed by atoms with Gasteiger partial charge in [0.15, 0.2) is 0 Å². The van der Waals surface area contributed by atoms with Crippen molar-refractivity contribution in [3.63, 3.8) is 0 Å². The molecule has 0 bridgehead atoms. The van der Waals surface area contributed by atoms with Gasteiger partial charge in [-0.2, -0.15) is 23.5 Å². The van der Waals surface area contributed by atoms with Crippen LogP contribution in [0.1, 0.15) is 18.9 Å². The molecular weight excluding hydrogens is 296 g/mol. The molecule has 2 aliphatic rings. The Bertz CT molecular complexity index is 434. The Balaban J connectivity index is 1.68. The summed E-state index contributed by atoms with van der Waals surface area (Å²) in [5.74, 6) is 4.00. The van der Waals surface area contributed by atoms with Crippen LogP contribution in [-0.4, -0.2) is 53.6 Å². The summed E-state index contributed by atoms with van der Waals surface area (Å²) >= 11 is 4.31. The quantitative estimate of drug-likeness (QED) is 0.919. The number of thioether (sulfide) groups is 2. The van der Waals surface area contributed by atoms with Crippen LogP contribution in [0, 0.1) is 0 Å². The fourth-order valence-electron chi connectivity index (χ4n) is 3.33. The topological polar surface area (TPSA) is 15.3 Å². The highest BCUT2D eigenvalue weighted by molar-refractivity contribution is 8.06. The molecule has 2 saturated heterocycles. The molecule has 2 nitrogen and oxygen atoms in total. The molecule has 116 valence electrons. The highest BCUT2D eigenvalue weighted by atomic mass is 32.2. The van der Waals surface area contributed by atoms with Gasteiger partial charge in [0.05, 0.1) is 5.54 Å². The predicted octanol–water partition coefficient (Wildman–Crippen LogP) is 3.05. The van der Waals surface area contributed by atoms with Crippen molar-refractivity contribution in [2.24, 2.45) is 0 Å². The van der Waals surface area contributed by atoms with E-state index in [1.165, 1.54) is 42.3 Å². The van der Waals surface area contributed by atoms with Gasteiger partial charge >= 0.3 is 0 Å². The highest BCUT2D eigenvalue weighted by Gasteiger charge is 2.31. The predicted molar refractivity (Wildman–Crippen MR) is 96.4 cm³/mol. The summed E-state index contributed by atoms with van der Waals surface area (Å²) in [5, 5.41) is 4.61. The third-order valence-electron chi connectivity index (χ3n) is 4.46. The average Bonchev–Trinajstić information content (AvgIpc) is 2.72. The summed E-state index contributed by atoms with van der Waals surface area (Å²) in [6.07, 6.45) is 1.26. The molecule has 2 fully saturated rings. The van der Waals surface area contributed by atoms with Crippen molar-refractivity contribution in [2.75, 3.05) is 43.4 Å². The first-order chi connectivity index (χ1) is 10.3. The first-order valence-electron chi connectivity index (χ1n) is 7.98. The lowest BCUT2D eigenvalue weighted by atomic mass is 9.91. The minimum atomic E-state index is 0.0875. The second kappa shape index (κ2) is 7.40. The van der Waals surface area contributed by atoms with Gasteiger partial charge < -0.3 is 5.32 Å². The van der Waals surface area contributed by atoms with E-state index >= 15 is 0 Å². The molecule has 2 unspecified atom stereocenters. The molecule has 1 aromatic carbocycles. The summed E-state index contributed by atoms with van der Waals surface area (Å²) < 4.78 is 0. The molecular formula is C17H26N2S2. The van der Waals surface area contributed by atoms with E-state index in [1.807, 2.05) is 0 Å². The third-order valence-corrected chi connectivity index (χ3v) is 7.29. The zero-order valence-electron chi connectivity index (χ0n) is 12.9. The van der Waals surface area contributed by atoms with Crippen LogP contribution >= 0.6 is 23.5 Å². The van der Waals surface area contributed by atoms with E-state index in [-0.39, 0.29) is 5.54 Å². The Morgan fingerprint density at radius 2 is 2.14 bits per heavy atom. The summed E-state index contributed by atoms with van der Waals surface area (Å²) in [4.78, 5) is 2.69. The minimum absolute atomic E-state index is 0.0875. The van der Waals surface area contributed by atoms with Gasteiger partial charge in [-0.15, -0.1) is 0 Å². The standard InChI is InChI=1S/C17H26N2S2/c1-17(15-6-3-2-4-7-15)14-19(9-5-8-18-17)12-16-13-20-10-11-21-16/h2-4,6-7,16,18H,5,8-14H2,1H3. The van der Waals surface area contributed by atoms with Gasteiger partial charge in [-0.05, 0) is 32.0 Å². The van der Waals surface area contributed by atoms with Crippen molar-refractivity contribution >= 4 is 23.5 Å². The van der Waals surface area contributed by atoms with Gasteiger partial charge in [-0.25, -0.2) is 0 Å². The van der Waals surface area contributed by atoms with Gasteiger partial charge in [-0.3, -0.25) is 4.90 Å². The Labute approximate surface area is 137 Å². The smallest absolute Gasteiger partial charge is 0.0534 e. The zero-order chi connectivity index (χ0) is 14.5. The summed E-state index contributed by atoms with van der Waals surface area (Å²) in [7, 11) is 0. The molecule has 0 saturated carbocycles. The maximum absolute atomic E-state index is 3.79. The molecule has 0 aliphatic carbocycles. The van der Waals surface area contributed by atoms with E-state index in [2.05, 4.69) is 71.0 Å². The molecule has 1 N–H and O–H groups in total. The number of benzene rings is 1. The van der Waals surface area contributed by atoms with Crippen LogP contribution in [-0.2, 0) is 5.54 Å². The second-order valence-electron chi connectivity index (χ2n) is 6.28. The van der Waals surface area contributed by atoms with Crippen LogP contribution in [0.4, 0.5) is 0 Å². The first kappa shape index (κ1) is 15.7. The number of hydrogen-bond acceptors (Lipinski definition) is 4. The number of nitrogens with zero attached hydrogens (tertiary/aromatic N) is 1. The maximum Gasteiger partial charge on any atom is 0.0534 e. The van der Waals surface area contributed by atoms with E-state index in [9.17, 15) is 0 Å². The fraction of sp³-hybridized carbons (Fsp3) is 0.647. The van der Waals surface area contributed by atoms with Gasteiger partial charge in [0.25, 0.3) is 0 Å². The number of nitrogens with one attached hydrogen (secondary N) is 1. The largest absolute Gasteiger partial charge is 0.307 e. The SMILES string of the molecule is CC1(c2ccccc2)CN(CC2CSCCS2)CCCN1. The Hall–Kier alpha value is -0.160. The van der Waals surface area contributed by atoms with Crippen LogP contribution < -0.4 is 5.32 Å². The van der Waals surface area contributed by atoms with Crippen molar-refractivity contribution in [1.82, 2.24) is 10.2 Å². The lowest BCUT2D eigenvalue weighted by Crippen LogP contribution is -2.48. The van der Waals surface area contributed by atoms with Crippen LogP contribution in [0.3, 0.4) is 0 Å². The van der Waals surface area contributed by atoms with Gasteiger partial charge in [0.2, 0.25) is 0 Å². The van der Waals surface area contributed by atoms with Crippen LogP contribution in [0.25, 0.3) is 0 Å². The van der Waals surface area contributed by atoms with E-state index < -0.39 is 0 Å². The van der Waals surface area contributed by atoms with Crippen LogP contribution in [0.5, 0.6) is 0 Å². The number of hydrogen-bond donors (Lipinski definition) is 1. The van der Waals surface area contributed by atoms with Crippen molar-refractivity contribution in [3.8, 4) is 0 Å². The molecule has 0 amide bonds. The normalized spacial score (nSPS) is 31.8. The van der Waals surface area contributed by atoms with E-state index in [4.69, 9.17) is 0 Å². The summed E-state index contributed by atoms with van der Waals surface area (Å²) in [5.41, 5.74) is 1.51. The highest BCUT2D eigenvalue weighted by Crippen LogP contribution is 2.28. The molecule has 2 aliphatic heterocycles. The van der Waals surface area contributed by atoms with Crippen molar-refractivity contribution in [3.05, 3.63) is 35.9 Å². The molecule has 21 heavy (non-hydrogen) atoms. The maximum atomic E-state index is 3.79. The molecule has 0 aromatic heterocycles. The molecule has 3 rings (SSSR count). The molecule has 2 atom stereocenters. The summed E-state index contributed by atoms with van der Waals surface area (Å²) in [6, 6.07) is 11.0. The van der Waals surface area contributed by atoms with Crippen LogP contribution in [0.15, 0.2) is 30.3 Å². The minimum Gasteiger partial charge on any atom is -0.307 e. The fourth-order valence-corrected chi connectivity index (χ4v) is 6.05. The Kier molecular flexibility index (Phi) is 5.54. The zero-order valence-corrected chi connectivity index (χ0v) is 14.5. The lowest BCUT2D eigenvalue weighted by molar-refractivity contribution is 0.223. The van der Waals surface area contributed by atoms with Crippen LogP contribution in [0.2, 0.25) is 0 Å². The van der Waals surface area contributed by atoms with Crippen molar-refractivity contribution in [2.45, 2.75) is 24.1 Å². The third kappa shape index (κ3) is 4.19. The molecule has 4 heteroatoms. The molecule has 1 aromatic rings. The average molecular weight is 323 g/mol. The second-order valence-corrected chi connectivity index (χ2v) is 8.84. The molecule has 0 spiro atoms. The van der Waals surface area contributed by atoms with Gasteiger partial charge in [0.1, 0.15) is 0 Å².